The fourth-order valence-corrected chi connectivity index (χ4v) is 2.16. The standard InChI is InChI=1S/C12H24N2O3/c1-14(8-10(13)9-16-2)11(15)7-12(17-3)5-4-6-12/h10H,4-9,13H2,1-3H3. The summed E-state index contributed by atoms with van der Waals surface area (Å²) in [6.07, 6.45) is 3.56. The van der Waals surface area contributed by atoms with Crippen LogP contribution in [0.1, 0.15) is 25.7 Å². The molecule has 5 heteroatoms. The van der Waals surface area contributed by atoms with E-state index in [4.69, 9.17) is 15.2 Å². The molecule has 5 nitrogen and oxygen atoms in total. The SMILES string of the molecule is COCC(N)CN(C)C(=O)CC1(OC)CCC1. The Bertz CT molecular complexity index is 249. The van der Waals surface area contributed by atoms with E-state index in [1.807, 2.05) is 0 Å². The summed E-state index contributed by atoms with van der Waals surface area (Å²) in [6.45, 7) is 0.986. The maximum atomic E-state index is 12.0. The molecule has 0 aromatic rings. The Morgan fingerprint density at radius 3 is 2.53 bits per heavy atom. The molecule has 100 valence electrons. The molecule has 0 aromatic carbocycles. The first-order valence-corrected chi connectivity index (χ1v) is 6.06. The second kappa shape index (κ2) is 6.33. The molecule has 1 amide bonds. The zero-order valence-corrected chi connectivity index (χ0v) is 11.1. The molecule has 0 heterocycles. The van der Waals surface area contributed by atoms with Gasteiger partial charge in [-0.3, -0.25) is 4.79 Å². The number of ether oxygens (including phenoxy) is 2. The van der Waals surface area contributed by atoms with Gasteiger partial charge in [-0.15, -0.1) is 0 Å². The maximum absolute atomic E-state index is 12.0. The highest BCUT2D eigenvalue weighted by Crippen LogP contribution is 2.38. The highest BCUT2D eigenvalue weighted by molar-refractivity contribution is 5.77. The first kappa shape index (κ1) is 14.4. The fraction of sp³-hybridized carbons (Fsp3) is 0.917. The molecule has 0 saturated heterocycles. The maximum Gasteiger partial charge on any atom is 0.225 e. The molecule has 1 unspecified atom stereocenters. The van der Waals surface area contributed by atoms with Crippen molar-refractivity contribution in [3.8, 4) is 0 Å². The van der Waals surface area contributed by atoms with Crippen LogP contribution in [0.4, 0.5) is 0 Å². The minimum absolute atomic E-state index is 0.0955. The molecular formula is C12H24N2O3. The number of likely N-dealkylation sites (N-methyl/N-ethyl adjacent to an activating group) is 1. The predicted octanol–water partition coefficient (Wildman–Crippen LogP) is 0.378. The quantitative estimate of drug-likeness (QED) is 0.703. The lowest BCUT2D eigenvalue weighted by atomic mass is 9.77. The number of methoxy groups -OCH3 is 2. The van der Waals surface area contributed by atoms with Crippen LogP contribution in [0.25, 0.3) is 0 Å². The van der Waals surface area contributed by atoms with Gasteiger partial charge in [0.1, 0.15) is 0 Å². The van der Waals surface area contributed by atoms with E-state index >= 15 is 0 Å². The van der Waals surface area contributed by atoms with E-state index < -0.39 is 0 Å². The van der Waals surface area contributed by atoms with Crippen molar-refractivity contribution in [3.05, 3.63) is 0 Å². The zero-order chi connectivity index (χ0) is 12.9. The van der Waals surface area contributed by atoms with Gasteiger partial charge in [0.15, 0.2) is 0 Å². The molecule has 2 N–H and O–H groups in total. The molecule has 1 aliphatic carbocycles. The third-order valence-corrected chi connectivity index (χ3v) is 3.49. The average molecular weight is 244 g/mol. The van der Waals surface area contributed by atoms with Gasteiger partial charge in [-0.25, -0.2) is 0 Å². The van der Waals surface area contributed by atoms with Crippen molar-refractivity contribution in [2.24, 2.45) is 5.73 Å². The summed E-state index contributed by atoms with van der Waals surface area (Å²) in [5, 5.41) is 0. The number of hydrogen-bond acceptors (Lipinski definition) is 4. The van der Waals surface area contributed by atoms with Crippen molar-refractivity contribution in [1.82, 2.24) is 4.90 Å². The number of rotatable bonds is 7. The number of carbonyl (C=O) groups excluding carboxylic acids is 1. The molecule has 0 aromatic heterocycles. The Hall–Kier alpha value is -0.650. The van der Waals surface area contributed by atoms with Gasteiger partial charge >= 0.3 is 0 Å². The van der Waals surface area contributed by atoms with E-state index in [1.165, 1.54) is 0 Å². The largest absolute Gasteiger partial charge is 0.383 e. The minimum atomic E-state index is -0.212. The summed E-state index contributed by atoms with van der Waals surface area (Å²) in [5.41, 5.74) is 5.60. The van der Waals surface area contributed by atoms with Crippen molar-refractivity contribution in [1.29, 1.82) is 0 Å². The van der Waals surface area contributed by atoms with Crippen LogP contribution in [0.3, 0.4) is 0 Å². The predicted molar refractivity (Wildman–Crippen MR) is 65.7 cm³/mol. The molecule has 1 aliphatic rings. The van der Waals surface area contributed by atoms with Crippen molar-refractivity contribution < 1.29 is 14.3 Å². The Morgan fingerprint density at radius 1 is 1.47 bits per heavy atom. The van der Waals surface area contributed by atoms with Gasteiger partial charge in [0.2, 0.25) is 5.91 Å². The van der Waals surface area contributed by atoms with Gasteiger partial charge in [0.25, 0.3) is 0 Å². The van der Waals surface area contributed by atoms with Gasteiger partial charge in [0.05, 0.1) is 18.6 Å². The number of nitrogens with zero attached hydrogens (tertiary/aromatic N) is 1. The highest BCUT2D eigenvalue weighted by Gasteiger charge is 2.39. The van der Waals surface area contributed by atoms with E-state index in [1.54, 1.807) is 26.2 Å². The summed E-state index contributed by atoms with van der Waals surface area (Å²) in [4.78, 5) is 13.7. The zero-order valence-electron chi connectivity index (χ0n) is 11.1. The number of nitrogens with two attached hydrogens (primary N) is 1. The normalized spacial score (nSPS) is 19.5. The van der Waals surface area contributed by atoms with Gasteiger partial charge in [-0.05, 0) is 19.3 Å². The molecule has 0 radical (unpaired) electrons. The van der Waals surface area contributed by atoms with Crippen molar-refractivity contribution in [3.63, 3.8) is 0 Å². The molecule has 0 aliphatic heterocycles. The Morgan fingerprint density at radius 2 is 2.12 bits per heavy atom. The smallest absolute Gasteiger partial charge is 0.225 e. The molecule has 1 atom stereocenters. The van der Waals surface area contributed by atoms with E-state index in [0.717, 1.165) is 19.3 Å². The Kier molecular flexibility index (Phi) is 5.36. The van der Waals surface area contributed by atoms with Crippen LogP contribution >= 0.6 is 0 Å². The molecular weight excluding hydrogens is 220 g/mol. The van der Waals surface area contributed by atoms with E-state index in [2.05, 4.69) is 0 Å². The summed E-state index contributed by atoms with van der Waals surface area (Å²) >= 11 is 0. The first-order valence-electron chi connectivity index (χ1n) is 6.06. The highest BCUT2D eigenvalue weighted by atomic mass is 16.5. The summed E-state index contributed by atoms with van der Waals surface area (Å²) in [7, 11) is 5.07. The second-order valence-electron chi connectivity index (χ2n) is 4.91. The monoisotopic (exact) mass is 244 g/mol. The van der Waals surface area contributed by atoms with E-state index in [0.29, 0.717) is 19.6 Å². The third kappa shape index (κ3) is 3.94. The van der Waals surface area contributed by atoms with Gasteiger partial charge in [0, 0.05) is 33.9 Å². The van der Waals surface area contributed by atoms with Crippen LogP contribution in [0.15, 0.2) is 0 Å². The molecule has 1 fully saturated rings. The molecule has 0 bridgehead atoms. The molecule has 1 rings (SSSR count). The van der Waals surface area contributed by atoms with Gasteiger partial charge in [-0.1, -0.05) is 0 Å². The summed E-state index contributed by atoms with van der Waals surface area (Å²) in [5.74, 6) is 0.0955. The fourth-order valence-electron chi connectivity index (χ4n) is 2.16. The number of hydrogen-bond donors (Lipinski definition) is 1. The topological polar surface area (TPSA) is 64.8 Å². The first-order chi connectivity index (χ1) is 8.03. The second-order valence-corrected chi connectivity index (χ2v) is 4.91. The van der Waals surface area contributed by atoms with Gasteiger partial charge in [-0.2, -0.15) is 0 Å². The van der Waals surface area contributed by atoms with Crippen LogP contribution in [-0.2, 0) is 14.3 Å². The lowest BCUT2D eigenvalue weighted by Crippen LogP contribution is -2.47. The van der Waals surface area contributed by atoms with Crippen LogP contribution in [0.5, 0.6) is 0 Å². The number of carbonyl (C=O) groups is 1. The van der Waals surface area contributed by atoms with Crippen LogP contribution in [0, 0.1) is 0 Å². The average Bonchev–Trinajstić information content (AvgIpc) is 2.23. The van der Waals surface area contributed by atoms with Crippen LogP contribution in [-0.4, -0.2) is 56.9 Å². The van der Waals surface area contributed by atoms with Gasteiger partial charge < -0.3 is 20.1 Å². The van der Waals surface area contributed by atoms with E-state index in [-0.39, 0.29) is 17.6 Å². The molecule has 17 heavy (non-hydrogen) atoms. The number of amides is 1. The lowest BCUT2D eigenvalue weighted by Gasteiger charge is -2.40. The lowest BCUT2D eigenvalue weighted by molar-refractivity contribution is -0.143. The molecule has 1 saturated carbocycles. The van der Waals surface area contributed by atoms with Crippen LogP contribution in [0.2, 0.25) is 0 Å². The van der Waals surface area contributed by atoms with E-state index in [9.17, 15) is 4.79 Å². The van der Waals surface area contributed by atoms with Crippen molar-refractivity contribution >= 4 is 5.91 Å². The third-order valence-electron chi connectivity index (χ3n) is 3.49. The Balaban J connectivity index is 2.36. The minimum Gasteiger partial charge on any atom is -0.383 e. The Labute approximate surface area is 103 Å². The van der Waals surface area contributed by atoms with Crippen molar-refractivity contribution in [2.75, 3.05) is 34.4 Å². The van der Waals surface area contributed by atoms with Crippen LogP contribution < -0.4 is 5.73 Å². The summed E-state index contributed by atoms with van der Waals surface area (Å²) < 4.78 is 10.4. The van der Waals surface area contributed by atoms with Crippen molar-refractivity contribution in [2.45, 2.75) is 37.3 Å². The summed E-state index contributed by atoms with van der Waals surface area (Å²) in [6, 6.07) is -0.131. The molecule has 0 spiro atoms.